The predicted octanol–water partition coefficient (Wildman–Crippen LogP) is 2.31. The lowest BCUT2D eigenvalue weighted by Crippen LogP contribution is -2.39. The van der Waals surface area contributed by atoms with Crippen LogP contribution in [-0.4, -0.2) is 52.0 Å². The minimum atomic E-state index is 0.477. The summed E-state index contributed by atoms with van der Waals surface area (Å²) < 4.78 is 7.37. The van der Waals surface area contributed by atoms with Gasteiger partial charge in [0.25, 0.3) is 0 Å². The molecule has 0 unspecified atom stereocenters. The first-order chi connectivity index (χ1) is 14.2. The summed E-state index contributed by atoms with van der Waals surface area (Å²) in [6.07, 6.45) is 3.92. The summed E-state index contributed by atoms with van der Waals surface area (Å²) in [7, 11) is 1.96. The molecule has 2 aromatic heterocycles. The van der Waals surface area contributed by atoms with E-state index >= 15 is 0 Å². The zero-order valence-corrected chi connectivity index (χ0v) is 17.5. The van der Waals surface area contributed by atoms with E-state index < -0.39 is 0 Å². The van der Waals surface area contributed by atoms with Crippen LogP contribution >= 0.6 is 0 Å². The molecule has 1 aromatic carbocycles. The summed E-state index contributed by atoms with van der Waals surface area (Å²) in [5.74, 6) is 2.50. The fourth-order valence-electron chi connectivity index (χ4n) is 3.09. The highest BCUT2D eigenvalue weighted by Crippen LogP contribution is 2.17. The van der Waals surface area contributed by atoms with E-state index in [0.717, 1.165) is 56.8 Å². The molecule has 156 valence electrons. The van der Waals surface area contributed by atoms with E-state index in [-0.39, 0.29) is 0 Å². The molecule has 3 rings (SSSR count). The minimum absolute atomic E-state index is 0.477. The Morgan fingerprint density at radius 1 is 1.21 bits per heavy atom. The molecule has 0 bridgehead atoms. The molecule has 0 fully saturated rings. The number of fused-ring (bicyclic) bond motifs is 1. The monoisotopic (exact) mass is 397 g/mol. The van der Waals surface area contributed by atoms with Gasteiger partial charge in [-0.3, -0.25) is 0 Å². The lowest BCUT2D eigenvalue weighted by atomic mass is 10.1. The second-order valence-electron chi connectivity index (χ2n) is 6.90. The number of benzene rings is 1. The first-order valence-electron chi connectivity index (χ1n) is 10.2. The van der Waals surface area contributed by atoms with E-state index in [9.17, 15) is 0 Å². The summed E-state index contributed by atoms with van der Waals surface area (Å²) in [6.45, 7) is 7.50. The maximum Gasteiger partial charge on any atom is 0.191 e. The van der Waals surface area contributed by atoms with Crippen molar-refractivity contribution in [3.8, 4) is 0 Å². The van der Waals surface area contributed by atoms with Crippen molar-refractivity contribution in [2.24, 2.45) is 12.0 Å². The average Bonchev–Trinajstić information content (AvgIpc) is 3.29. The number of nitrogens with one attached hydrogen (secondary N) is 3. The van der Waals surface area contributed by atoms with Crippen molar-refractivity contribution >= 4 is 16.9 Å². The Morgan fingerprint density at radius 3 is 2.83 bits per heavy atom. The molecule has 0 aliphatic heterocycles. The van der Waals surface area contributed by atoms with Gasteiger partial charge in [0.15, 0.2) is 11.8 Å². The van der Waals surface area contributed by atoms with Gasteiger partial charge in [-0.1, -0.05) is 18.2 Å². The Bertz CT molecular complexity index is 928. The third-order valence-electron chi connectivity index (χ3n) is 4.89. The van der Waals surface area contributed by atoms with Gasteiger partial charge in [-0.2, -0.15) is 0 Å². The fourth-order valence-corrected chi connectivity index (χ4v) is 3.09. The van der Waals surface area contributed by atoms with Crippen LogP contribution in [-0.2, 0) is 24.8 Å². The highest BCUT2D eigenvalue weighted by Gasteiger charge is 2.06. The second-order valence-corrected chi connectivity index (χ2v) is 6.90. The van der Waals surface area contributed by atoms with Gasteiger partial charge in [-0.05, 0) is 38.3 Å². The van der Waals surface area contributed by atoms with Crippen LogP contribution in [0.2, 0.25) is 0 Å². The molecule has 29 heavy (non-hydrogen) atoms. The average molecular weight is 398 g/mol. The molecule has 3 aromatic rings. The predicted molar refractivity (Wildman–Crippen MR) is 116 cm³/mol. The number of hydrogen-bond acceptors (Lipinski definition) is 4. The smallest absolute Gasteiger partial charge is 0.191 e. The number of aliphatic imine (C=N–C) groups is 1. The standard InChI is InChI=1S/C21H31N7O/c1-4-29-13-7-11-22-21(25-15-20-27-26-16(2)28(20)3)23-12-10-17-14-24-19-9-6-5-8-18(17)19/h5-6,8-9,14,24H,4,7,10-13,15H2,1-3H3,(H2,22,23,25). The van der Waals surface area contributed by atoms with E-state index in [2.05, 4.69) is 55.2 Å². The Balaban J connectivity index is 1.57. The first kappa shape index (κ1) is 20.9. The van der Waals surface area contributed by atoms with Crippen molar-refractivity contribution < 1.29 is 4.74 Å². The molecule has 3 N–H and O–H groups in total. The first-order valence-corrected chi connectivity index (χ1v) is 10.2. The third kappa shape index (κ3) is 5.80. The van der Waals surface area contributed by atoms with Gasteiger partial charge in [0.05, 0.1) is 0 Å². The van der Waals surface area contributed by atoms with Crippen molar-refractivity contribution in [3.05, 3.63) is 47.7 Å². The number of H-pyrrole nitrogens is 1. The van der Waals surface area contributed by atoms with Crippen LogP contribution in [0.25, 0.3) is 10.9 Å². The Morgan fingerprint density at radius 2 is 2.03 bits per heavy atom. The number of guanidine groups is 1. The molecule has 0 atom stereocenters. The van der Waals surface area contributed by atoms with Crippen LogP contribution in [0.4, 0.5) is 0 Å². The van der Waals surface area contributed by atoms with Gasteiger partial charge in [0, 0.05) is 50.5 Å². The second kappa shape index (κ2) is 10.6. The van der Waals surface area contributed by atoms with Crippen LogP contribution in [0.3, 0.4) is 0 Å². The number of ether oxygens (including phenoxy) is 1. The highest BCUT2D eigenvalue weighted by molar-refractivity contribution is 5.83. The van der Waals surface area contributed by atoms with Gasteiger partial charge >= 0.3 is 0 Å². The summed E-state index contributed by atoms with van der Waals surface area (Å²) in [5.41, 5.74) is 2.47. The summed E-state index contributed by atoms with van der Waals surface area (Å²) in [5, 5.41) is 16.4. The van der Waals surface area contributed by atoms with Crippen LogP contribution in [0.5, 0.6) is 0 Å². The molecule has 2 heterocycles. The SMILES string of the molecule is CCOCCCNC(=NCc1nnc(C)n1C)NCCc1c[nH]c2ccccc12. The number of hydrogen-bond donors (Lipinski definition) is 3. The molecule has 0 aliphatic carbocycles. The maximum absolute atomic E-state index is 5.41. The van der Waals surface area contributed by atoms with E-state index in [1.54, 1.807) is 0 Å². The molecule has 0 aliphatic rings. The largest absolute Gasteiger partial charge is 0.382 e. The summed E-state index contributed by atoms with van der Waals surface area (Å²) in [6, 6.07) is 8.37. The number of para-hydroxylation sites is 1. The number of aromatic nitrogens is 4. The van der Waals surface area contributed by atoms with Gasteiger partial charge in [0.2, 0.25) is 0 Å². The normalized spacial score (nSPS) is 11.9. The molecular formula is C21H31N7O. The maximum atomic E-state index is 5.41. The topological polar surface area (TPSA) is 92.2 Å². The minimum Gasteiger partial charge on any atom is -0.382 e. The van der Waals surface area contributed by atoms with Gasteiger partial charge in [-0.25, -0.2) is 4.99 Å². The molecular weight excluding hydrogens is 366 g/mol. The number of rotatable bonds is 10. The van der Waals surface area contributed by atoms with Crippen molar-refractivity contribution in [2.75, 3.05) is 26.3 Å². The number of nitrogens with zero attached hydrogens (tertiary/aromatic N) is 4. The lowest BCUT2D eigenvalue weighted by molar-refractivity contribution is 0.145. The zero-order valence-electron chi connectivity index (χ0n) is 17.5. The van der Waals surface area contributed by atoms with Gasteiger partial charge < -0.3 is 24.9 Å². The van der Waals surface area contributed by atoms with Crippen molar-refractivity contribution in [1.82, 2.24) is 30.4 Å². The van der Waals surface area contributed by atoms with Crippen LogP contribution in [0, 0.1) is 6.92 Å². The summed E-state index contributed by atoms with van der Waals surface area (Å²) >= 11 is 0. The fraction of sp³-hybridized carbons (Fsp3) is 0.476. The van der Waals surface area contributed by atoms with Crippen LogP contribution in [0.15, 0.2) is 35.5 Å². The molecule has 0 radical (unpaired) electrons. The highest BCUT2D eigenvalue weighted by atomic mass is 16.5. The van der Waals surface area contributed by atoms with Crippen molar-refractivity contribution in [3.63, 3.8) is 0 Å². The molecule has 0 saturated carbocycles. The molecule has 0 spiro atoms. The molecule has 8 heteroatoms. The third-order valence-corrected chi connectivity index (χ3v) is 4.89. The van der Waals surface area contributed by atoms with Gasteiger partial charge in [-0.15, -0.1) is 10.2 Å². The van der Waals surface area contributed by atoms with Crippen molar-refractivity contribution in [2.45, 2.75) is 33.2 Å². The molecule has 0 amide bonds. The lowest BCUT2D eigenvalue weighted by Gasteiger charge is -2.12. The van der Waals surface area contributed by atoms with E-state index in [1.165, 1.54) is 16.5 Å². The number of aryl methyl sites for hydroxylation is 1. The molecule has 8 nitrogen and oxygen atoms in total. The summed E-state index contributed by atoms with van der Waals surface area (Å²) in [4.78, 5) is 8.02. The molecule has 0 saturated heterocycles. The van der Waals surface area contributed by atoms with E-state index in [4.69, 9.17) is 4.74 Å². The van der Waals surface area contributed by atoms with Crippen LogP contribution in [0.1, 0.15) is 30.6 Å². The quantitative estimate of drug-likeness (QED) is 0.277. The van der Waals surface area contributed by atoms with E-state index in [0.29, 0.717) is 6.54 Å². The van der Waals surface area contributed by atoms with Crippen molar-refractivity contribution in [1.29, 1.82) is 0 Å². The Labute approximate surface area is 171 Å². The zero-order chi connectivity index (χ0) is 20.5. The Kier molecular flexibility index (Phi) is 7.63. The number of aromatic amines is 1. The van der Waals surface area contributed by atoms with Gasteiger partial charge in [0.1, 0.15) is 12.4 Å². The Hall–Kier alpha value is -2.87. The van der Waals surface area contributed by atoms with Crippen LogP contribution < -0.4 is 10.6 Å². The van der Waals surface area contributed by atoms with E-state index in [1.807, 2.05) is 31.5 Å².